The summed E-state index contributed by atoms with van der Waals surface area (Å²) in [7, 11) is 0. The summed E-state index contributed by atoms with van der Waals surface area (Å²) in [6, 6.07) is 36.9. The van der Waals surface area contributed by atoms with Crippen LogP contribution in [0.2, 0.25) is 0 Å². The molecule has 0 saturated carbocycles. The molecule has 5 aromatic carbocycles. The second-order valence-corrected chi connectivity index (χ2v) is 14.0. The zero-order valence-corrected chi connectivity index (χ0v) is 29.2. The molecule has 3 heterocycles. The van der Waals surface area contributed by atoms with Gasteiger partial charge in [-0.3, -0.25) is 0 Å². The van der Waals surface area contributed by atoms with Crippen molar-refractivity contribution in [3.63, 3.8) is 0 Å². The first-order valence-corrected chi connectivity index (χ1v) is 16.9. The molecule has 0 N–H and O–H groups in total. The van der Waals surface area contributed by atoms with E-state index < -0.39 is 20.6 Å². The molecule has 5 nitrogen and oxygen atoms in total. The summed E-state index contributed by atoms with van der Waals surface area (Å²) in [5, 5.41) is 1.28. The molecule has 0 amide bonds. The van der Waals surface area contributed by atoms with E-state index in [1.165, 1.54) is 24.3 Å². The first-order valence-electron chi connectivity index (χ1n) is 20.2. The van der Waals surface area contributed by atoms with Gasteiger partial charge in [-0.15, -0.1) is 0 Å². The quantitative estimate of drug-likeness (QED) is 0.162. The van der Waals surface area contributed by atoms with Gasteiger partial charge in [0.05, 0.1) is 0 Å². The molecule has 0 aliphatic carbocycles. The SMILES string of the molecule is [2H]C([2H])([2H])c1cc(-n2[c](=[Pt])n(-c3[c-]c(Oc4[c-]c5c(c(C([2H])([2H])[2H])c4)c4ccccc4n5-c4cc(C(C)(C)C)ccn4)ccc3)c3ccccc32)cc(C([2H])([2H])[2H])c1. The van der Waals surface area contributed by atoms with Gasteiger partial charge in [-0.1, -0.05) is 32.9 Å². The van der Waals surface area contributed by atoms with Crippen LogP contribution in [0.15, 0.2) is 109 Å². The number of fused-ring (bicyclic) bond motifs is 4. The van der Waals surface area contributed by atoms with Gasteiger partial charge < -0.3 is 0 Å². The predicted octanol–water partition coefficient (Wildman–Crippen LogP) is 10.6. The first kappa shape index (κ1) is 22.6. The van der Waals surface area contributed by atoms with Crippen molar-refractivity contribution in [3.05, 3.63) is 148 Å². The fourth-order valence-electron chi connectivity index (χ4n) is 6.36. The van der Waals surface area contributed by atoms with Crippen molar-refractivity contribution in [1.29, 1.82) is 0 Å². The van der Waals surface area contributed by atoms with E-state index >= 15 is 0 Å². The van der Waals surface area contributed by atoms with Gasteiger partial charge >= 0.3 is 255 Å². The molecule has 0 fully saturated rings. The number of ether oxygens (including phenoxy) is 1. The molecule has 3 aromatic heterocycles. The zero-order valence-electron chi connectivity index (χ0n) is 35.9. The first-order chi connectivity index (χ1) is 27.2. The van der Waals surface area contributed by atoms with Crippen molar-refractivity contribution in [2.24, 2.45) is 0 Å². The Morgan fingerprint density at radius 2 is 1.45 bits per heavy atom. The molecule has 0 atom stereocenters. The van der Waals surface area contributed by atoms with E-state index in [0.717, 1.165) is 22.0 Å². The van der Waals surface area contributed by atoms with Crippen LogP contribution >= 0.6 is 0 Å². The van der Waals surface area contributed by atoms with Crippen LogP contribution < -0.4 is 4.74 Å². The van der Waals surface area contributed by atoms with Crippen molar-refractivity contribution in [3.8, 4) is 28.7 Å². The zero-order chi connectivity index (χ0) is 41.5. The Balaban J connectivity index is 1.29. The number of aryl methyl sites for hydroxylation is 3. The Kier molecular flexibility index (Phi) is 5.47. The number of aromatic nitrogens is 4. The average molecular weight is 829 g/mol. The van der Waals surface area contributed by atoms with E-state index in [2.05, 4.69) is 52.3 Å². The van der Waals surface area contributed by atoms with E-state index in [1.807, 2.05) is 80.4 Å². The van der Waals surface area contributed by atoms with Crippen LogP contribution in [0.1, 0.15) is 55.4 Å². The van der Waals surface area contributed by atoms with Crippen LogP contribution in [-0.4, -0.2) is 18.7 Å². The summed E-state index contributed by atoms with van der Waals surface area (Å²) in [4.78, 5) is 4.73. The maximum atomic E-state index is 8.61. The van der Waals surface area contributed by atoms with Gasteiger partial charge in [0, 0.05) is 6.20 Å². The Labute approximate surface area is 310 Å². The average Bonchev–Trinajstić information content (AvgIpc) is 3.64. The monoisotopic (exact) mass is 828 g/mol. The van der Waals surface area contributed by atoms with Crippen molar-refractivity contribution in [1.82, 2.24) is 18.7 Å². The second kappa shape index (κ2) is 11.9. The van der Waals surface area contributed by atoms with Crippen LogP contribution in [0.5, 0.6) is 11.5 Å². The summed E-state index contributed by atoms with van der Waals surface area (Å²) >= 11 is 2.13. The Morgan fingerprint density at radius 3 is 2.18 bits per heavy atom. The van der Waals surface area contributed by atoms with Gasteiger partial charge in [0.2, 0.25) is 0 Å². The number of hydrogen-bond donors (Lipinski definition) is 0. The Hall–Kier alpha value is -4.99. The van der Waals surface area contributed by atoms with Crippen LogP contribution in [0.4, 0.5) is 0 Å². The molecule has 0 aliphatic heterocycles. The predicted molar refractivity (Wildman–Crippen MR) is 195 cm³/mol. The molecule has 246 valence electrons. The Bertz CT molecular complexity index is 2930. The molecular weight excluding hydrogens is 784 g/mol. The molecule has 6 heteroatoms. The molecule has 8 rings (SSSR count). The molecular formula is C43H36N4OPt-2. The molecule has 0 saturated heterocycles. The van der Waals surface area contributed by atoms with Crippen LogP contribution in [0.3, 0.4) is 0 Å². The third-order valence-corrected chi connectivity index (χ3v) is 9.61. The Morgan fingerprint density at radius 1 is 0.714 bits per heavy atom. The van der Waals surface area contributed by atoms with Crippen molar-refractivity contribution in [2.75, 3.05) is 0 Å². The van der Waals surface area contributed by atoms with Crippen LogP contribution in [0, 0.1) is 36.5 Å². The molecule has 0 bridgehead atoms. The molecule has 0 spiro atoms. The molecule has 0 aliphatic rings. The standard InChI is InChI=1S/C43H36N4O.Pt/c1-28-20-29(2)22-33(21-28)46-27-45(38-16-9-10-17-39(38)46)32-12-11-13-34(25-32)48-35-23-30(3)42-36-14-7-8-15-37(36)47(40(42)26-35)41-24-31(18-19-44-41)43(4,5)6;/h7-24H,1-6H3;/q-2;/i1D3,2D3,3D3;. The van der Waals surface area contributed by atoms with Gasteiger partial charge in [-0.05, 0) is 17.0 Å². The normalized spacial score (nSPS) is 15.5. The molecule has 0 unspecified atom stereocenters. The number of hydrogen-bond acceptors (Lipinski definition) is 2. The third kappa shape index (κ3) is 5.47. The number of benzene rings is 5. The van der Waals surface area contributed by atoms with Gasteiger partial charge in [-0.2, -0.15) is 0 Å². The fraction of sp³-hybridized carbons (Fsp3) is 0.163. The van der Waals surface area contributed by atoms with Crippen molar-refractivity contribution >= 4 is 32.8 Å². The molecule has 8 aromatic rings. The van der Waals surface area contributed by atoms with E-state index in [9.17, 15) is 0 Å². The number of pyridine rings is 1. The van der Waals surface area contributed by atoms with Crippen molar-refractivity contribution in [2.45, 2.75) is 46.7 Å². The summed E-state index contributed by atoms with van der Waals surface area (Å²) < 4.78 is 87.1. The summed E-state index contributed by atoms with van der Waals surface area (Å²) in [6.07, 6.45) is 1.76. The van der Waals surface area contributed by atoms with Crippen molar-refractivity contribution < 1.29 is 36.4 Å². The van der Waals surface area contributed by atoms with Gasteiger partial charge in [0.15, 0.2) is 0 Å². The molecule has 0 radical (unpaired) electrons. The summed E-state index contributed by atoms with van der Waals surface area (Å²) in [5.41, 5.74) is 4.51. The van der Waals surface area contributed by atoms with Crippen LogP contribution in [0.25, 0.3) is 50.0 Å². The third-order valence-electron chi connectivity index (χ3n) is 8.60. The van der Waals surface area contributed by atoms with E-state index in [1.54, 1.807) is 18.3 Å². The molecule has 49 heavy (non-hydrogen) atoms. The summed E-state index contributed by atoms with van der Waals surface area (Å²) in [6.45, 7) is -1.21. The number of para-hydroxylation sites is 3. The van der Waals surface area contributed by atoms with E-state index in [4.69, 9.17) is 22.1 Å². The minimum absolute atomic E-state index is 0.0835. The van der Waals surface area contributed by atoms with Gasteiger partial charge in [0.25, 0.3) is 0 Å². The second-order valence-electron chi connectivity index (χ2n) is 12.9. The fourth-order valence-corrected chi connectivity index (χ4v) is 7.47. The number of nitrogens with zero attached hydrogens (tertiary/aromatic N) is 4. The number of rotatable bonds is 5. The minimum atomic E-state index is -2.54. The van der Waals surface area contributed by atoms with Crippen LogP contribution in [-0.2, 0) is 24.8 Å². The van der Waals surface area contributed by atoms with E-state index in [-0.39, 0.29) is 33.6 Å². The van der Waals surface area contributed by atoms with Gasteiger partial charge in [-0.25, -0.2) is 0 Å². The topological polar surface area (TPSA) is 36.9 Å². The summed E-state index contributed by atoms with van der Waals surface area (Å²) in [5.74, 6) is 1.08. The van der Waals surface area contributed by atoms with E-state index in [0.29, 0.717) is 37.4 Å². The van der Waals surface area contributed by atoms with Gasteiger partial charge in [0.1, 0.15) is 0 Å². The maximum absolute atomic E-state index is 8.61. The number of imidazole rings is 1.